The standard InChI is InChI=1S/C9H19NO3/c1-4-7(2)13-9(12)5-8(6-11)10-3/h7-8,10-11H,4-6H2,1-3H3. The third-order valence-corrected chi connectivity index (χ3v) is 1.95. The first-order valence-electron chi connectivity index (χ1n) is 4.61. The Bertz CT molecular complexity index is 146. The molecule has 0 aliphatic rings. The van der Waals surface area contributed by atoms with Gasteiger partial charge in [-0.1, -0.05) is 6.92 Å². The van der Waals surface area contributed by atoms with Crippen molar-refractivity contribution in [3.63, 3.8) is 0 Å². The lowest BCUT2D eigenvalue weighted by Crippen LogP contribution is -2.32. The van der Waals surface area contributed by atoms with Gasteiger partial charge < -0.3 is 15.2 Å². The van der Waals surface area contributed by atoms with Crippen molar-refractivity contribution in [2.24, 2.45) is 0 Å². The number of ether oxygens (including phenoxy) is 1. The van der Waals surface area contributed by atoms with Gasteiger partial charge in [-0.05, 0) is 20.4 Å². The van der Waals surface area contributed by atoms with Crippen molar-refractivity contribution in [3.8, 4) is 0 Å². The molecule has 2 unspecified atom stereocenters. The maximum atomic E-state index is 11.2. The molecule has 4 heteroatoms. The molecule has 0 saturated heterocycles. The molecule has 2 atom stereocenters. The first kappa shape index (κ1) is 12.4. The van der Waals surface area contributed by atoms with Gasteiger partial charge in [-0.2, -0.15) is 0 Å². The van der Waals surface area contributed by atoms with E-state index in [1.165, 1.54) is 0 Å². The van der Waals surface area contributed by atoms with Crippen LogP contribution in [0, 0.1) is 0 Å². The Kier molecular flexibility index (Phi) is 6.54. The van der Waals surface area contributed by atoms with E-state index in [4.69, 9.17) is 9.84 Å². The third kappa shape index (κ3) is 5.60. The van der Waals surface area contributed by atoms with E-state index in [1.807, 2.05) is 13.8 Å². The maximum absolute atomic E-state index is 11.2. The molecule has 0 spiro atoms. The van der Waals surface area contributed by atoms with Gasteiger partial charge in [0.1, 0.15) is 0 Å². The molecule has 0 aromatic carbocycles. The molecule has 0 aliphatic carbocycles. The van der Waals surface area contributed by atoms with Gasteiger partial charge in [0, 0.05) is 6.04 Å². The van der Waals surface area contributed by atoms with Crippen molar-refractivity contribution in [1.29, 1.82) is 0 Å². The third-order valence-electron chi connectivity index (χ3n) is 1.95. The molecule has 13 heavy (non-hydrogen) atoms. The highest BCUT2D eigenvalue weighted by atomic mass is 16.5. The maximum Gasteiger partial charge on any atom is 0.307 e. The van der Waals surface area contributed by atoms with Crippen molar-refractivity contribution in [2.75, 3.05) is 13.7 Å². The van der Waals surface area contributed by atoms with Gasteiger partial charge in [0.15, 0.2) is 0 Å². The average molecular weight is 189 g/mol. The number of nitrogens with one attached hydrogen (secondary N) is 1. The number of carbonyl (C=O) groups excluding carboxylic acids is 1. The van der Waals surface area contributed by atoms with E-state index >= 15 is 0 Å². The molecular weight excluding hydrogens is 170 g/mol. The summed E-state index contributed by atoms with van der Waals surface area (Å²) in [5.74, 6) is -0.261. The molecule has 0 aromatic rings. The molecule has 78 valence electrons. The number of aliphatic hydroxyl groups excluding tert-OH is 1. The number of esters is 1. The fourth-order valence-corrected chi connectivity index (χ4v) is 0.815. The van der Waals surface area contributed by atoms with Gasteiger partial charge in [-0.25, -0.2) is 0 Å². The second-order valence-electron chi connectivity index (χ2n) is 3.08. The van der Waals surface area contributed by atoms with Gasteiger partial charge in [0.25, 0.3) is 0 Å². The number of aliphatic hydroxyl groups is 1. The van der Waals surface area contributed by atoms with Crippen LogP contribution in [0.5, 0.6) is 0 Å². The Balaban J connectivity index is 3.72. The van der Waals surface area contributed by atoms with E-state index in [2.05, 4.69) is 5.32 Å². The van der Waals surface area contributed by atoms with Crippen LogP contribution in [0.1, 0.15) is 26.7 Å². The summed E-state index contributed by atoms with van der Waals surface area (Å²) in [5, 5.41) is 11.6. The Morgan fingerprint density at radius 3 is 2.62 bits per heavy atom. The Morgan fingerprint density at radius 2 is 2.23 bits per heavy atom. The normalized spacial score (nSPS) is 15.1. The van der Waals surface area contributed by atoms with Crippen LogP contribution in [0.25, 0.3) is 0 Å². The smallest absolute Gasteiger partial charge is 0.307 e. The molecular formula is C9H19NO3. The largest absolute Gasteiger partial charge is 0.463 e. The van der Waals surface area contributed by atoms with Crippen LogP contribution < -0.4 is 5.32 Å². The molecule has 2 N–H and O–H groups in total. The zero-order chi connectivity index (χ0) is 10.3. The van der Waals surface area contributed by atoms with Crippen LogP contribution in [-0.2, 0) is 9.53 Å². The molecule has 0 aliphatic heterocycles. The molecule has 0 radical (unpaired) electrons. The summed E-state index contributed by atoms with van der Waals surface area (Å²) in [5.41, 5.74) is 0. The topological polar surface area (TPSA) is 58.6 Å². The molecule has 0 heterocycles. The van der Waals surface area contributed by atoms with E-state index in [9.17, 15) is 4.79 Å². The number of hydrogen-bond acceptors (Lipinski definition) is 4. The van der Waals surface area contributed by atoms with Crippen LogP contribution in [0.4, 0.5) is 0 Å². The summed E-state index contributed by atoms with van der Waals surface area (Å²) in [6.07, 6.45) is 0.996. The van der Waals surface area contributed by atoms with Crippen LogP contribution >= 0.6 is 0 Å². The van der Waals surface area contributed by atoms with Crippen LogP contribution in [0.2, 0.25) is 0 Å². The second-order valence-corrected chi connectivity index (χ2v) is 3.08. The lowest BCUT2D eigenvalue weighted by atomic mass is 10.2. The van der Waals surface area contributed by atoms with Gasteiger partial charge in [-0.3, -0.25) is 4.79 Å². The van der Waals surface area contributed by atoms with E-state index in [0.717, 1.165) is 6.42 Å². The first-order chi connectivity index (χ1) is 6.13. The van der Waals surface area contributed by atoms with Crippen molar-refractivity contribution in [1.82, 2.24) is 5.32 Å². The number of likely N-dealkylation sites (N-methyl/N-ethyl adjacent to an activating group) is 1. The van der Waals surface area contributed by atoms with Crippen molar-refractivity contribution >= 4 is 5.97 Å². The highest BCUT2D eigenvalue weighted by Crippen LogP contribution is 2.00. The minimum atomic E-state index is -0.261. The van der Waals surface area contributed by atoms with E-state index in [1.54, 1.807) is 7.05 Å². The Morgan fingerprint density at radius 1 is 1.62 bits per heavy atom. The van der Waals surface area contributed by atoms with E-state index < -0.39 is 0 Å². The Hall–Kier alpha value is -0.610. The zero-order valence-electron chi connectivity index (χ0n) is 8.54. The fourth-order valence-electron chi connectivity index (χ4n) is 0.815. The molecule has 0 saturated carbocycles. The van der Waals surface area contributed by atoms with Crippen LogP contribution in [-0.4, -0.2) is 36.9 Å². The molecule has 0 aromatic heterocycles. The van der Waals surface area contributed by atoms with Crippen molar-refractivity contribution in [2.45, 2.75) is 38.8 Å². The lowest BCUT2D eigenvalue weighted by Gasteiger charge is -2.15. The predicted octanol–water partition coefficient (Wildman–Crippen LogP) is 0.299. The Labute approximate surface area is 79.3 Å². The molecule has 0 fully saturated rings. The number of carbonyl (C=O) groups is 1. The van der Waals surface area contributed by atoms with Crippen LogP contribution in [0.15, 0.2) is 0 Å². The summed E-state index contributed by atoms with van der Waals surface area (Å²) >= 11 is 0. The van der Waals surface area contributed by atoms with Gasteiger partial charge in [0.05, 0.1) is 19.1 Å². The van der Waals surface area contributed by atoms with E-state index in [-0.39, 0.29) is 31.1 Å². The van der Waals surface area contributed by atoms with Crippen molar-refractivity contribution in [3.05, 3.63) is 0 Å². The highest BCUT2D eigenvalue weighted by molar-refractivity contribution is 5.70. The number of rotatable bonds is 6. The van der Waals surface area contributed by atoms with E-state index in [0.29, 0.717) is 0 Å². The first-order valence-corrected chi connectivity index (χ1v) is 4.61. The van der Waals surface area contributed by atoms with Gasteiger partial charge >= 0.3 is 5.97 Å². The summed E-state index contributed by atoms with van der Waals surface area (Å²) in [7, 11) is 1.71. The summed E-state index contributed by atoms with van der Waals surface area (Å²) < 4.78 is 5.04. The zero-order valence-corrected chi connectivity index (χ0v) is 8.54. The minimum absolute atomic E-state index is 0.0382. The van der Waals surface area contributed by atoms with Crippen molar-refractivity contribution < 1.29 is 14.6 Å². The minimum Gasteiger partial charge on any atom is -0.463 e. The second kappa shape index (κ2) is 6.86. The summed E-state index contributed by atoms with van der Waals surface area (Å²) in [4.78, 5) is 11.2. The SMILES string of the molecule is CCC(C)OC(=O)CC(CO)NC. The molecule has 0 amide bonds. The quantitative estimate of drug-likeness (QED) is 0.590. The molecule has 0 bridgehead atoms. The summed E-state index contributed by atoms with van der Waals surface area (Å²) in [6.45, 7) is 3.76. The molecule has 0 rings (SSSR count). The van der Waals surface area contributed by atoms with Crippen LogP contribution in [0.3, 0.4) is 0 Å². The predicted molar refractivity (Wildman–Crippen MR) is 50.4 cm³/mol. The summed E-state index contributed by atoms with van der Waals surface area (Å²) in [6, 6.07) is -0.198. The average Bonchev–Trinajstić information content (AvgIpc) is 2.13. The monoisotopic (exact) mass is 189 g/mol. The molecule has 4 nitrogen and oxygen atoms in total. The number of hydrogen-bond donors (Lipinski definition) is 2. The highest BCUT2D eigenvalue weighted by Gasteiger charge is 2.13. The lowest BCUT2D eigenvalue weighted by molar-refractivity contribution is -0.149. The fraction of sp³-hybridized carbons (Fsp3) is 0.889. The van der Waals surface area contributed by atoms with Gasteiger partial charge in [-0.15, -0.1) is 0 Å². The van der Waals surface area contributed by atoms with Gasteiger partial charge in [0.2, 0.25) is 0 Å².